The standard InChI is InChI=1S/C22H15N5OS/c1-2-3-10-27-18-9-8-15(26-21-12-16(13-23)24-14-25-21)11-20(18)29-19-7-5-4-6-17(19)22(27)28/h4-9,11-12,14H,10H2,1H3,(H,24,25,26). The van der Waals surface area contributed by atoms with Gasteiger partial charge in [0.05, 0.1) is 17.8 Å². The van der Waals surface area contributed by atoms with Crippen LogP contribution in [0.5, 0.6) is 0 Å². The maximum Gasteiger partial charge on any atom is 0.260 e. The number of aromatic nitrogens is 2. The van der Waals surface area contributed by atoms with Crippen molar-refractivity contribution in [2.24, 2.45) is 0 Å². The van der Waals surface area contributed by atoms with E-state index >= 15 is 0 Å². The van der Waals surface area contributed by atoms with Crippen molar-refractivity contribution in [3.05, 3.63) is 66.1 Å². The Hall–Kier alpha value is -3.81. The van der Waals surface area contributed by atoms with Crippen molar-refractivity contribution >= 4 is 34.9 Å². The third kappa shape index (κ3) is 3.77. The first-order valence-corrected chi connectivity index (χ1v) is 9.63. The summed E-state index contributed by atoms with van der Waals surface area (Å²) in [4.78, 5) is 24.7. The number of hydrogen-bond acceptors (Lipinski definition) is 6. The van der Waals surface area contributed by atoms with Gasteiger partial charge in [-0.2, -0.15) is 5.26 Å². The van der Waals surface area contributed by atoms with Crippen LogP contribution in [0.3, 0.4) is 0 Å². The van der Waals surface area contributed by atoms with Gasteiger partial charge >= 0.3 is 0 Å². The molecule has 2 aromatic carbocycles. The highest BCUT2D eigenvalue weighted by Crippen LogP contribution is 2.42. The fourth-order valence-corrected chi connectivity index (χ4v) is 4.07. The Balaban J connectivity index is 1.75. The molecule has 1 aliphatic rings. The van der Waals surface area contributed by atoms with Gasteiger partial charge in [-0.3, -0.25) is 9.69 Å². The number of hydrogen-bond donors (Lipinski definition) is 1. The molecule has 1 aromatic heterocycles. The minimum Gasteiger partial charge on any atom is -0.340 e. The molecule has 0 atom stereocenters. The van der Waals surface area contributed by atoms with Gasteiger partial charge in [0, 0.05) is 21.5 Å². The molecule has 140 valence electrons. The average Bonchev–Trinajstić information content (AvgIpc) is 2.86. The first kappa shape index (κ1) is 18.5. The first-order chi connectivity index (χ1) is 14.2. The van der Waals surface area contributed by atoms with Crippen LogP contribution in [-0.2, 0) is 0 Å². The molecule has 0 fully saturated rings. The molecule has 0 saturated carbocycles. The van der Waals surface area contributed by atoms with E-state index < -0.39 is 0 Å². The van der Waals surface area contributed by atoms with E-state index in [9.17, 15) is 4.79 Å². The second-order valence-electron chi connectivity index (χ2n) is 6.12. The fraction of sp³-hybridized carbons (Fsp3) is 0.0909. The normalized spacial score (nSPS) is 12.0. The number of benzene rings is 2. The summed E-state index contributed by atoms with van der Waals surface area (Å²) in [5.74, 6) is 6.32. The summed E-state index contributed by atoms with van der Waals surface area (Å²) in [7, 11) is 0. The number of nitrogens with zero attached hydrogens (tertiary/aromatic N) is 4. The van der Waals surface area contributed by atoms with E-state index in [0.29, 0.717) is 17.9 Å². The summed E-state index contributed by atoms with van der Waals surface area (Å²) in [6, 6.07) is 16.9. The van der Waals surface area contributed by atoms with Crippen molar-refractivity contribution in [3.8, 4) is 17.9 Å². The number of nitriles is 1. The topological polar surface area (TPSA) is 81.9 Å². The van der Waals surface area contributed by atoms with Crippen molar-refractivity contribution in [2.45, 2.75) is 16.7 Å². The van der Waals surface area contributed by atoms with E-state index in [-0.39, 0.29) is 11.6 Å². The van der Waals surface area contributed by atoms with E-state index in [4.69, 9.17) is 5.26 Å². The molecule has 4 rings (SSSR count). The molecular formula is C22H15N5OS. The van der Waals surface area contributed by atoms with Gasteiger partial charge in [0.1, 0.15) is 23.9 Å². The van der Waals surface area contributed by atoms with Crippen molar-refractivity contribution in [1.29, 1.82) is 5.26 Å². The molecule has 1 N–H and O–H groups in total. The number of carbonyl (C=O) groups excluding carboxylic acids is 1. The zero-order valence-corrected chi connectivity index (χ0v) is 16.3. The summed E-state index contributed by atoms with van der Waals surface area (Å²) in [6.07, 6.45) is 1.35. The molecule has 0 spiro atoms. The van der Waals surface area contributed by atoms with Gasteiger partial charge in [0.25, 0.3) is 5.91 Å². The molecule has 29 heavy (non-hydrogen) atoms. The Morgan fingerprint density at radius 3 is 2.83 bits per heavy atom. The molecular weight excluding hydrogens is 382 g/mol. The maximum absolute atomic E-state index is 13.1. The molecule has 0 bridgehead atoms. The Bertz CT molecular complexity index is 1210. The number of nitrogens with one attached hydrogen (secondary N) is 1. The van der Waals surface area contributed by atoms with Gasteiger partial charge in [-0.05, 0) is 37.3 Å². The predicted octanol–water partition coefficient (Wildman–Crippen LogP) is 4.23. The highest BCUT2D eigenvalue weighted by molar-refractivity contribution is 7.99. The Kier molecular flexibility index (Phi) is 5.15. The lowest BCUT2D eigenvalue weighted by molar-refractivity contribution is 0.0987. The summed E-state index contributed by atoms with van der Waals surface area (Å²) in [5.41, 5.74) is 2.56. The Morgan fingerprint density at radius 1 is 1.14 bits per heavy atom. The summed E-state index contributed by atoms with van der Waals surface area (Å²) in [6.45, 7) is 2.08. The van der Waals surface area contributed by atoms with E-state index in [0.717, 1.165) is 21.2 Å². The number of amides is 1. The smallest absolute Gasteiger partial charge is 0.260 e. The van der Waals surface area contributed by atoms with Crippen molar-refractivity contribution in [2.75, 3.05) is 16.8 Å². The number of carbonyl (C=O) groups is 1. The minimum absolute atomic E-state index is 0.0650. The molecule has 1 aliphatic heterocycles. The number of anilines is 3. The first-order valence-electron chi connectivity index (χ1n) is 8.81. The molecule has 3 aromatic rings. The summed E-state index contributed by atoms with van der Waals surface area (Å²) < 4.78 is 0. The van der Waals surface area contributed by atoms with Gasteiger partial charge in [-0.25, -0.2) is 9.97 Å². The van der Waals surface area contributed by atoms with Crippen LogP contribution in [0.4, 0.5) is 17.2 Å². The molecule has 0 aliphatic carbocycles. The molecule has 7 heteroatoms. The van der Waals surface area contributed by atoms with Crippen LogP contribution >= 0.6 is 11.8 Å². The van der Waals surface area contributed by atoms with Crippen molar-refractivity contribution in [3.63, 3.8) is 0 Å². The maximum atomic E-state index is 13.1. The molecule has 1 amide bonds. The summed E-state index contributed by atoms with van der Waals surface area (Å²) >= 11 is 1.54. The third-order valence-electron chi connectivity index (χ3n) is 4.30. The monoisotopic (exact) mass is 397 g/mol. The summed E-state index contributed by atoms with van der Waals surface area (Å²) in [5, 5.41) is 12.2. The lowest BCUT2D eigenvalue weighted by atomic mass is 10.1. The molecule has 0 radical (unpaired) electrons. The minimum atomic E-state index is -0.0650. The van der Waals surface area contributed by atoms with Crippen LogP contribution < -0.4 is 10.2 Å². The predicted molar refractivity (Wildman–Crippen MR) is 112 cm³/mol. The van der Waals surface area contributed by atoms with Crippen LogP contribution in [0, 0.1) is 23.2 Å². The number of rotatable bonds is 3. The largest absolute Gasteiger partial charge is 0.340 e. The Morgan fingerprint density at radius 2 is 2.00 bits per heavy atom. The second kappa shape index (κ2) is 8.05. The van der Waals surface area contributed by atoms with E-state index in [1.807, 2.05) is 48.5 Å². The van der Waals surface area contributed by atoms with E-state index in [1.165, 1.54) is 6.33 Å². The van der Waals surface area contributed by atoms with Crippen LogP contribution in [0.15, 0.2) is 64.6 Å². The zero-order valence-electron chi connectivity index (χ0n) is 15.5. The molecule has 0 saturated heterocycles. The van der Waals surface area contributed by atoms with Gasteiger partial charge in [0.15, 0.2) is 0 Å². The molecule has 2 heterocycles. The van der Waals surface area contributed by atoms with Gasteiger partial charge in [-0.15, -0.1) is 5.92 Å². The van der Waals surface area contributed by atoms with Crippen LogP contribution in [-0.4, -0.2) is 22.4 Å². The van der Waals surface area contributed by atoms with Crippen molar-refractivity contribution in [1.82, 2.24) is 9.97 Å². The van der Waals surface area contributed by atoms with Crippen LogP contribution in [0.2, 0.25) is 0 Å². The quantitative estimate of drug-likeness (QED) is 0.666. The van der Waals surface area contributed by atoms with Gasteiger partial charge in [-0.1, -0.05) is 29.8 Å². The molecule has 6 nitrogen and oxygen atoms in total. The van der Waals surface area contributed by atoms with Gasteiger partial charge in [0.2, 0.25) is 0 Å². The SMILES string of the molecule is CC#CCN1C(=O)c2ccccc2Sc2cc(Nc3cc(C#N)ncn3)ccc21. The highest BCUT2D eigenvalue weighted by atomic mass is 32.2. The Labute approximate surface area is 172 Å². The highest BCUT2D eigenvalue weighted by Gasteiger charge is 2.26. The van der Waals surface area contributed by atoms with Crippen LogP contribution in [0.1, 0.15) is 23.0 Å². The number of fused-ring (bicyclic) bond motifs is 2. The fourth-order valence-electron chi connectivity index (χ4n) is 2.95. The second-order valence-corrected chi connectivity index (χ2v) is 7.21. The third-order valence-corrected chi connectivity index (χ3v) is 5.42. The van der Waals surface area contributed by atoms with Crippen molar-refractivity contribution < 1.29 is 4.79 Å². The van der Waals surface area contributed by atoms with Crippen LogP contribution in [0.25, 0.3) is 0 Å². The zero-order chi connectivity index (χ0) is 20.2. The molecule has 0 unspecified atom stereocenters. The van der Waals surface area contributed by atoms with Gasteiger partial charge < -0.3 is 5.32 Å². The van der Waals surface area contributed by atoms with E-state index in [2.05, 4.69) is 27.1 Å². The lowest BCUT2D eigenvalue weighted by Crippen LogP contribution is -2.31. The average molecular weight is 397 g/mol. The lowest BCUT2D eigenvalue weighted by Gasteiger charge is -2.21. The van der Waals surface area contributed by atoms with E-state index in [1.54, 1.807) is 29.7 Å².